The number of nitrogens with two attached hydrogens (primary N) is 1. The molecule has 6 nitrogen and oxygen atoms in total. The average molecular weight is 248 g/mol. The zero-order chi connectivity index (χ0) is 13.1. The lowest BCUT2D eigenvalue weighted by Crippen LogP contribution is -2.30. The molecule has 0 aliphatic rings. The van der Waals surface area contributed by atoms with Crippen molar-refractivity contribution in [1.29, 1.82) is 0 Å². The van der Waals surface area contributed by atoms with Crippen molar-refractivity contribution in [1.82, 2.24) is 14.4 Å². The summed E-state index contributed by atoms with van der Waals surface area (Å²) in [6.45, 7) is 4.37. The van der Waals surface area contributed by atoms with E-state index in [0.717, 1.165) is 24.3 Å². The number of nitrogen functional groups attached to an aromatic ring is 1. The third-order valence-corrected chi connectivity index (χ3v) is 3.21. The van der Waals surface area contributed by atoms with Gasteiger partial charge in [0.1, 0.15) is 0 Å². The van der Waals surface area contributed by atoms with Crippen LogP contribution in [0, 0.1) is 0 Å². The first-order valence-electron chi connectivity index (χ1n) is 6.20. The van der Waals surface area contributed by atoms with Gasteiger partial charge in [0, 0.05) is 25.5 Å². The number of nitrogens with one attached hydrogen (secondary N) is 1. The van der Waals surface area contributed by atoms with E-state index in [1.165, 1.54) is 0 Å². The molecule has 18 heavy (non-hydrogen) atoms. The molecule has 2 aromatic heterocycles. The molecular formula is C12H20N6. The molecule has 2 heterocycles. The third kappa shape index (κ3) is 2.24. The highest BCUT2D eigenvalue weighted by molar-refractivity contribution is 5.66. The lowest BCUT2D eigenvalue weighted by Gasteiger charge is -2.26. The number of hydrogen-bond donors (Lipinski definition) is 2. The van der Waals surface area contributed by atoms with Crippen LogP contribution in [0.2, 0.25) is 0 Å². The fraction of sp³-hybridized carbons (Fsp3) is 0.500. The number of rotatable bonds is 5. The van der Waals surface area contributed by atoms with E-state index in [-0.39, 0.29) is 0 Å². The Kier molecular flexibility index (Phi) is 3.66. The van der Waals surface area contributed by atoms with Gasteiger partial charge in [0.2, 0.25) is 0 Å². The Bertz CT molecular complexity index is 520. The topological polar surface area (TPSA) is 71.5 Å². The second-order valence-electron chi connectivity index (χ2n) is 4.50. The number of nitrogens with zero attached hydrogens (tertiary/aromatic N) is 4. The Hall–Kier alpha value is -1.82. The normalized spacial score (nSPS) is 12.7. The van der Waals surface area contributed by atoms with Crippen molar-refractivity contribution in [2.75, 3.05) is 17.4 Å². The van der Waals surface area contributed by atoms with E-state index in [0.29, 0.717) is 11.9 Å². The Balaban J connectivity index is 2.44. The van der Waals surface area contributed by atoms with Crippen molar-refractivity contribution in [3.63, 3.8) is 0 Å². The second-order valence-corrected chi connectivity index (χ2v) is 4.50. The molecule has 0 amide bonds. The van der Waals surface area contributed by atoms with Gasteiger partial charge < -0.3 is 14.7 Å². The number of anilines is 2. The SMILES string of the molecule is CCCC(C)N(C)c1nc(NN)cn2ccnc12. The van der Waals surface area contributed by atoms with Crippen molar-refractivity contribution < 1.29 is 0 Å². The van der Waals surface area contributed by atoms with Crippen LogP contribution in [0.15, 0.2) is 18.6 Å². The summed E-state index contributed by atoms with van der Waals surface area (Å²) in [6.07, 6.45) is 7.74. The molecule has 98 valence electrons. The zero-order valence-electron chi connectivity index (χ0n) is 11.1. The number of imidazole rings is 1. The zero-order valence-corrected chi connectivity index (χ0v) is 11.1. The van der Waals surface area contributed by atoms with E-state index in [2.05, 4.69) is 34.1 Å². The maximum Gasteiger partial charge on any atom is 0.180 e. The summed E-state index contributed by atoms with van der Waals surface area (Å²) in [6, 6.07) is 0.413. The van der Waals surface area contributed by atoms with Gasteiger partial charge in [0.15, 0.2) is 17.3 Å². The first-order chi connectivity index (χ1) is 8.67. The van der Waals surface area contributed by atoms with Crippen LogP contribution < -0.4 is 16.2 Å². The number of aromatic nitrogens is 3. The molecule has 0 aliphatic heterocycles. The summed E-state index contributed by atoms with van der Waals surface area (Å²) in [4.78, 5) is 11.0. The fourth-order valence-corrected chi connectivity index (χ4v) is 2.04. The molecule has 0 spiro atoms. The molecule has 0 radical (unpaired) electrons. The van der Waals surface area contributed by atoms with Gasteiger partial charge in [-0.3, -0.25) is 0 Å². The minimum Gasteiger partial charge on any atom is -0.354 e. The van der Waals surface area contributed by atoms with Crippen LogP contribution in [0.5, 0.6) is 0 Å². The molecule has 1 atom stereocenters. The van der Waals surface area contributed by atoms with Gasteiger partial charge in [-0.15, -0.1) is 0 Å². The minimum absolute atomic E-state index is 0.413. The van der Waals surface area contributed by atoms with E-state index in [9.17, 15) is 0 Å². The van der Waals surface area contributed by atoms with E-state index in [1.54, 1.807) is 6.20 Å². The summed E-state index contributed by atoms with van der Waals surface area (Å²) in [5, 5.41) is 0. The van der Waals surface area contributed by atoms with Crippen molar-refractivity contribution in [2.45, 2.75) is 32.7 Å². The molecule has 0 fully saturated rings. The Morgan fingerprint density at radius 2 is 2.33 bits per heavy atom. The minimum atomic E-state index is 0.413. The Morgan fingerprint density at radius 1 is 1.56 bits per heavy atom. The van der Waals surface area contributed by atoms with Crippen molar-refractivity contribution in [3.05, 3.63) is 18.6 Å². The quantitative estimate of drug-likeness (QED) is 0.621. The van der Waals surface area contributed by atoms with E-state index in [4.69, 9.17) is 5.84 Å². The van der Waals surface area contributed by atoms with E-state index in [1.807, 2.05) is 23.8 Å². The predicted molar refractivity (Wildman–Crippen MR) is 73.6 cm³/mol. The van der Waals surface area contributed by atoms with Crippen LogP contribution in [0.3, 0.4) is 0 Å². The Morgan fingerprint density at radius 3 is 3.00 bits per heavy atom. The molecular weight excluding hydrogens is 228 g/mol. The standard InChI is InChI=1S/C12H20N6/c1-4-5-9(2)17(3)12-11-14-6-7-18(11)8-10(15-12)16-13/h6-9,16H,4-5,13H2,1-3H3. The number of hydrazine groups is 1. The average Bonchev–Trinajstić information content (AvgIpc) is 2.84. The number of fused-ring (bicyclic) bond motifs is 1. The van der Waals surface area contributed by atoms with Crippen LogP contribution in [-0.4, -0.2) is 27.5 Å². The second kappa shape index (κ2) is 5.22. The number of hydrogen-bond acceptors (Lipinski definition) is 5. The summed E-state index contributed by atoms with van der Waals surface area (Å²) >= 11 is 0. The van der Waals surface area contributed by atoms with Crippen LogP contribution in [0.25, 0.3) is 5.65 Å². The molecule has 1 unspecified atom stereocenters. The molecule has 0 bridgehead atoms. The first kappa shape index (κ1) is 12.6. The summed E-state index contributed by atoms with van der Waals surface area (Å²) < 4.78 is 1.92. The molecule has 6 heteroatoms. The van der Waals surface area contributed by atoms with Crippen molar-refractivity contribution in [2.24, 2.45) is 5.84 Å². The summed E-state index contributed by atoms with van der Waals surface area (Å²) in [5.41, 5.74) is 3.44. The predicted octanol–water partition coefficient (Wildman–Crippen LogP) is 1.64. The van der Waals surface area contributed by atoms with Gasteiger partial charge >= 0.3 is 0 Å². The molecule has 2 rings (SSSR count). The van der Waals surface area contributed by atoms with Gasteiger partial charge in [-0.1, -0.05) is 13.3 Å². The van der Waals surface area contributed by atoms with Crippen LogP contribution in [0.1, 0.15) is 26.7 Å². The van der Waals surface area contributed by atoms with E-state index >= 15 is 0 Å². The molecule has 2 aromatic rings. The van der Waals surface area contributed by atoms with E-state index < -0.39 is 0 Å². The van der Waals surface area contributed by atoms with Crippen molar-refractivity contribution >= 4 is 17.3 Å². The largest absolute Gasteiger partial charge is 0.354 e. The smallest absolute Gasteiger partial charge is 0.180 e. The monoisotopic (exact) mass is 248 g/mol. The molecule has 0 saturated heterocycles. The Labute approximate surface area is 107 Å². The molecule has 3 N–H and O–H groups in total. The van der Waals surface area contributed by atoms with Crippen LogP contribution >= 0.6 is 0 Å². The fourth-order valence-electron chi connectivity index (χ4n) is 2.04. The van der Waals surface area contributed by atoms with Gasteiger partial charge in [-0.25, -0.2) is 15.8 Å². The first-order valence-corrected chi connectivity index (χ1v) is 6.20. The highest BCUT2D eigenvalue weighted by Crippen LogP contribution is 2.22. The van der Waals surface area contributed by atoms with Gasteiger partial charge in [-0.05, 0) is 13.3 Å². The highest BCUT2D eigenvalue weighted by Gasteiger charge is 2.16. The molecule has 0 aromatic carbocycles. The highest BCUT2D eigenvalue weighted by atomic mass is 15.3. The lowest BCUT2D eigenvalue weighted by molar-refractivity contribution is 0.611. The van der Waals surface area contributed by atoms with Gasteiger partial charge in [-0.2, -0.15) is 0 Å². The third-order valence-electron chi connectivity index (χ3n) is 3.21. The summed E-state index contributed by atoms with van der Waals surface area (Å²) in [7, 11) is 2.04. The van der Waals surface area contributed by atoms with Gasteiger partial charge in [0.05, 0.1) is 6.20 Å². The van der Waals surface area contributed by atoms with Crippen molar-refractivity contribution in [3.8, 4) is 0 Å². The molecule has 0 aliphatic carbocycles. The van der Waals surface area contributed by atoms with Crippen LogP contribution in [0.4, 0.5) is 11.6 Å². The maximum atomic E-state index is 5.45. The van der Waals surface area contributed by atoms with Gasteiger partial charge in [0.25, 0.3) is 0 Å². The van der Waals surface area contributed by atoms with Crippen LogP contribution in [-0.2, 0) is 0 Å². The summed E-state index contributed by atoms with van der Waals surface area (Å²) in [5.74, 6) is 6.92. The maximum absolute atomic E-state index is 5.45. The lowest BCUT2D eigenvalue weighted by atomic mass is 10.2. The molecule has 0 saturated carbocycles.